The van der Waals surface area contributed by atoms with Gasteiger partial charge in [0.05, 0.1) is 3.79 Å². The van der Waals surface area contributed by atoms with Crippen molar-refractivity contribution < 1.29 is 4.79 Å². The quantitative estimate of drug-likeness (QED) is 0.657. The molecule has 1 fully saturated rings. The molecule has 0 saturated heterocycles. The van der Waals surface area contributed by atoms with Crippen molar-refractivity contribution in [1.82, 2.24) is 5.32 Å². The summed E-state index contributed by atoms with van der Waals surface area (Å²) in [6, 6.07) is 6.00. The average molecular weight is 353 g/mol. The van der Waals surface area contributed by atoms with Crippen LogP contribution in [0.3, 0.4) is 0 Å². The lowest BCUT2D eigenvalue weighted by Crippen LogP contribution is -2.41. The second kappa shape index (κ2) is 7.05. The molecule has 1 aliphatic carbocycles. The maximum atomic E-state index is 12.2. The van der Waals surface area contributed by atoms with Crippen LogP contribution in [0.4, 0.5) is 0 Å². The Morgan fingerprint density at radius 3 is 2.85 bits per heavy atom. The summed E-state index contributed by atoms with van der Waals surface area (Å²) in [5, 5.41) is 12.2. The van der Waals surface area contributed by atoms with Crippen LogP contribution in [0.1, 0.15) is 37.5 Å². The zero-order valence-electron chi connectivity index (χ0n) is 11.4. The molecule has 1 aromatic heterocycles. The number of halogens is 1. The number of carbonyl (C=O) groups is 1. The molecule has 3 nitrogen and oxygen atoms in total. The number of rotatable bonds is 3. The summed E-state index contributed by atoms with van der Waals surface area (Å²) in [6.07, 6.45) is 6.19. The van der Waals surface area contributed by atoms with E-state index in [-0.39, 0.29) is 17.5 Å². The van der Waals surface area contributed by atoms with Gasteiger partial charge in [-0.05, 0) is 52.9 Å². The van der Waals surface area contributed by atoms with E-state index in [4.69, 9.17) is 0 Å². The van der Waals surface area contributed by atoms with Crippen molar-refractivity contribution in [2.45, 2.75) is 38.6 Å². The first-order valence-electron chi connectivity index (χ1n) is 6.78. The number of carbonyl (C=O) groups excluding carboxylic acids is 1. The number of nitrogens with one attached hydrogen (secondary N) is 1. The fraction of sp³-hybridized carbons (Fsp3) is 0.467. The predicted molar refractivity (Wildman–Crippen MR) is 85.2 cm³/mol. The van der Waals surface area contributed by atoms with Gasteiger partial charge in [0.2, 0.25) is 0 Å². The van der Waals surface area contributed by atoms with Gasteiger partial charge in [-0.15, -0.1) is 11.3 Å². The number of nitrogens with zero attached hydrogens (tertiary/aromatic N) is 1. The summed E-state index contributed by atoms with van der Waals surface area (Å²) in [7, 11) is 0. The van der Waals surface area contributed by atoms with Crippen molar-refractivity contribution in [3.05, 3.63) is 26.4 Å². The van der Waals surface area contributed by atoms with Crippen LogP contribution in [-0.2, 0) is 4.79 Å². The molecule has 1 heterocycles. The number of hydrogen-bond acceptors (Lipinski definition) is 3. The fourth-order valence-corrected chi connectivity index (χ4v) is 3.84. The molecule has 0 spiro atoms. The van der Waals surface area contributed by atoms with E-state index in [0.29, 0.717) is 5.92 Å². The molecule has 0 bridgehead atoms. The van der Waals surface area contributed by atoms with E-state index in [9.17, 15) is 10.1 Å². The second-order valence-corrected chi connectivity index (χ2v) is 7.65. The average Bonchev–Trinajstić information content (AvgIpc) is 2.84. The molecule has 1 amide bonds. The Morgan fingerprint density at radius 2 is 2.25 bits per heavy atom. The molecule has 2 unspecified atom stereocenters. The molecular weight excluding hydrogens is 336 g/mol. The predicted octanol–water partition coefficient (Wildman–Crippen LogP) is 4.11. The van der Waals surface area contributed by atoms with Crippen LogP contribution < -0.4 is 5.32 Å². The number of thiophene rings is 1. The zero-order valence-corrected chi connectivity index (χ0v) is 13.8. The lowest BCUT2D eigenvalue weighted by atomic mass is 9.86. The van der Waals surface area contributed by atoms with Gasteiger partial charge < -0.3 is 5.32 Å². The highest BCUT2D eigenvalue weighted by molar-refractivity contribution is 9.11. The van der Waals surface area contributed by atoms with Crippen LogP contribution in [0.5, 0.6) is 0 Å². The maximum Gasteiger partial charge on any atom is 0.262 e. The third-order valence-corrected chi connectivity index (χ3v) is 5.24. The highest BCUT2D eigenvalue weighted by atomic mass is 79.9. The maximum absolute atomic E-state index is 12.2. The molecule has 1 N–H and O–H groups in total. The van der Waals surface area contributed by atoms with E-state index < -0.39 is 0 Å². The van der Waals surface area contributed by atoms with Crippen LogP contribution in [0, 0.1) is 17.2 Å². The third kappa shape index (κ3) is 3.94. The van der Waals surface area contributed by atoms with Crippen molar-refractivity contribution in [2.75, 3.05) is 0 Å². The highest BCUT2D eigenvalue weighted by Gasteiger charge is 2.24. The summed E-state index contributed by atoms with van der Waals surface area (Å²) in [5.74, 6) is 0.235. The number of hydrogen-bond donors (Lipinski definition) is 1. The van der Waals surface area contributed by atoms with Crippen LogP contribution in [0.2, 0.25) is 0 Å². The van der Waals surface area contributed by atoms with Crippen LogP contribution >= 0.6 is 27.3 Å². The largest absolute Gasteiger partial charge is 0.348 e. The number of amides is 1. The minimum absolute atomic E-state index is 0.178. The first kappa shape index (κ1) is 15.3. The molecule has 5 heteroatoms. The van der Waals surface area contributed by atoms with E-state index in [1.165, 1.54) is 17.8 Å². The Kier molecular flexibility index (Phi) is 5.38. The minimum Gasteiger partial charge on any atom is -0.348 e. The summed E-state index contributed by atoms with van der Waals surface area (Å²) >= 11 is 4.88. The standard InChI is InChI=1S/C15H17BrN2OS/c1-10-4-2-3-5-13(10)18-15(19)11(9-17)8-12-6-7-14(16)20-12/h6-8,10,13H,2-5H2,1H3,(H,18,19)/b11-8+. The molecule has 0 radical (unpaired) electrons. The van der Waals surface area contributed by atoms with Gasteiger partial charge in [0.25, 0.3) is 5.91 Å². The van der Waals surface area contributed by atoms with Gasteiger partial charge >= 0.3 is 0 Å². The molecule has 20 heavy (non-hydrogen) atoms. The zero-order chi connectivity index (χ0) is 14.5. The molecule has 2 atom stereocenters. The van der Waals surface area contributed by atoms with Crippen molar-refractivity contribution >= 4 is 39.2 Å². The first-order valence-corrected chi connectivity index (χ1v) is 8.39. The van der Waals surface area contributed by atoms with Gasteiger partial charge in [-0.2, -0.15) is 5.26 Å². The van der Waals surface area contributed by atoms with Gasteiger partial charge in [-0.3, -0.25) is 4.79 Å². The summed E-state index contributed by atoms with van der Waals surface area (Å²) < 4.78 is 0.988. The van der Waals surface area contributed by atoms with E-state index in [1.807, 2.05) is 18.2 Å². The van der Waals surface area contributed by atoms with E-state index in [0.717, 1.165) is 27.9 Å². The van der Waals surface area contributed by atoms with E-state index in [2.05, 4.69) is 28.2 Å². The molecule has 0 aromatic carbocycles. The second-order valence-electron chi connectivity index (χ2n) is 5.15. The smallest absolute Gasteiger partial charge is 0.262 e. The Balaban J connectivity index is 2.06. The van der Waals surface area contributed by atoms with Crippen LogP contribution in [-0.4, -0.2) is 11.9 Å². The molecular formula is C15H17BrN2OS. The molecule has 0 aliphatic heterocycles. The van der Waals surface area contributed by atoms with Crippen molar-refractivity contribution in [1.29, 1.82) is 5.26 Å². The normalized spacial score (nSPS) is 23.1. The molecule has 1 aliphatic rings. The molecule has 2 rings (SSSR count). The summed E-state index contributed by atoms with van der Waals surface area (Å²) in [6.45, 7) is 2.16. The Morgan fingerprint density at radius 1 is 1.50 bits per heavy atom. The van der Waals surface area contributed by atoms with Crippen LogP contribution in [0.25, 0.3) is 6.08 Å². The Hall–Kier alpha value is -1.12. The first-order chi connectivity index (χ1) is 9.60. The lowest BCUT2D eigenvalue weighted by Gasteiger charge is -2.29. The van der Waals surface area contributed by atoms with E-state index >= 15 is 0 Å². The fourth-order valence-electron chi connectivity index (χ4n) is 2.47. The van der Waals surface area contributed by atoms with Gasteiger partial charge in [-0.25, -0.2) is 0 Å². The summed E-state index contributed by atoms with van der Waals surface area (Å²) in [5.41, 5.74) is 0.178. The Bertz CT molecular complexity index is 558. The molecule has 1 saturated carbocycles. The highest BCUT2D eigenvalue weighted by Crippen LogP contribution is 2.25. The molecule has 106 valence electrons. The van der Waals surface area contributed by atoms with Crippen LogP contribution in [0.15, 0.2) is 21.5 Å². The number of nitriles is 1. The minimum atomic E-state index is -0.254. The lowest BCUT2D eigenvalue weighted by molar-refractivity contribution is -0.118. The SMILES string of the molecule is CC1CCCCC1NC(=O)/C(C#N)=C/c1ccc(Br)s1. The van der Waals surface area contributed by atoms with Gasteiger partial charge in [0.1, 0.15) is 11.6 Å². The third-order valence-electron chi connectivity index (χ3n) is 3.67. The van der Waals surface area contributed by atoms with Crippen molar-refractivity contribution in [3.8, 4) is 6.07 Å². The van der Waals surface area contributed by atoms with Gasteiger partial charge in [0.15, 0.2) is 0 Å². The van der Waals surface area contributed by atoms with Crippen molar-refractivity contribution in [2.24, 2.45) is 5.92 Å². The van der Waals surface area contributed by atoms with Gasteiger partial charge in [-0.1, -0.05) is 19.8 Å². The summed E-state index contributed by atoms with van der Waals surface area (Å²) in [4.78, 5) is 13.1. The van der Waals surface area contributed by atoms with Gasteiger partial charge in [0, 0.05) is 10.9 Å². The topological polar surface area (TPSA) is 52.9 Å². The van der Waals surface area contributed by atoms with E-state index in [1.54, 1.807) is 6.08 Å². The van der Waals surface area contributed by atoms with Crippen molar-refractivity contribution in [3.63, 3.8) is 0 Å². The monoisotopic (exact) mass is 352 g/mol. The Labute approximate surface area is 131 Å². The molecule has 1 aromatic rings.